The summed E-state index contributed by atoms with van der Waals surface area (Å²) < 4.78 is 5.03. The van der Waals surface area contributed by atoms with Crippen molar-refractivity contribution in [2.75, 3.05) is 20.2 Å². The van der Waals surface area contributed by atoms with Gasteiger partial charge in [0.1, 0.15) is 0 Å². The van der Waals surface area contributed by atoms with Crippen molar-refractivity contribution < 1.29 is 14.6 Å². The molecule has 5 nitrogen and oxygen atoms in total. The van der Waals surface area contributed by atoms with E-state index in [0.717, 1.165) is 0 Å². The zero-order valence-electron chi connectivity index (χ0n) is 12.6. The van der Waals surface area contributed by atoms with E-state index in [-0.39, 0.29) is 23.0 Å². The minimum absolute atomic E-state index is 0.144. The fourth-order valence-electron chi connectivity index (χ4n) is 1.99. The Kier molecular flexibility index (Phi) is 6.42. The predicted molar refractivity (Wildman–Crippen MR) is 86.8 cm³/mol. The number of carbonyl (C=O) groups is 1. The maximum atomic E-state index is 12.6. The number of ether oxygens (including phenoxy) is 1. The molecule has 116 valence electrons. The molecule has 0 spiro atoms. The van der Waals surface area contributed by atoms with Gasteiger partial charge in [0.2, 0.25) is 0 Å². The zero-order valence-corrected chi connectivity index (χ0v) is 13.4. The first kappa shape index (κ1) is 17.2. The maximum absolute atomic E-state index is 12.6. The van der Waals surface area contributed by atoms with Crippen LogP contribution in [0.25, 0.3) is 0 Å². The van der Waals surface area contributed by atoms with E-state index in [2.05, 4.69) is 0 Å². The third-order valence-corrected chi connectivity index (χ3v) is 3.15. The Hall–Kier alpha value is -1.82. The van der Waals surface area contributed by atoms with Gasteiger partial charge in [-0.3, -0.25) is 4.79 Å². The Morgan fingerprint density at radius 3 is 2.67 bits per heavy atom. The van der Waals surface area contributed by atoms with Crippen LogP contribution in [0, 0.1) is 5.92 Å². The quantitative estimate of drug-likeness (QED) is 0.755. The van der Waals surface area contributed by atoms with Gasteiger partial charge in [0.25, 0.3) is 5.91 Å². The van der Waals surface area contributed by atoms with Crippen LogP contribution in [-0.4, -0.2) is 41.1 Å². The molecule has 1 aromatic carbocycles. The Morgan fingerprint density at radius 1 is 1.48 bits per heavy atom. The van der Waals surface area contributed by atoms with Crippen LogP contribution >= 0.6 is 12.2 Å². The molecule has 0 aromatic heterocycles. The number of thiocarbonyl (C=S) groups is 1. The molecule has 0 aliphatic carbocycles. The fraction of sp³-hybridized carbons (Fsp3) is 0.467. The first-order chi connectivity index (χ1) is 9.86. The van der Waals surface area contributed by atoms with Gasteiger partial charge >= 0.3 is 0 Å². The van der Waals surface area contributed by atoms with Gasteiger partial charge in [-0.1, -0.05) is 32.1 Å². The normalized spacial score (nSPS) is 10.5. The van der Waals surface area contributed by atoms with Gasteiger partial charge in [-0.2, -0.15) is 0 Å². The summed E-state index contributed by atoms with van der Waals surface area (Å²) in [6, 6.07) is 4.86. The number of benzene rings is 1. The Balaban J connectivity index is 3.01. The number of hydrogen-bond acceptors (Lipinski definition) is 4. The smallest absolute Gasteiger partial charge is 0.257 e. The van der Waals surface area contributed by atoms with Crippen LogP contribution < -0.4 is 10.5 Å². The summed E-state index contributed by atoms with van der Waals surface area (Å²) in [6.07, 6.45) is 0.457. The van der Waals surface area contributed by atoms with Crippen molar-refractivity contribution in [2.45, 2.75) is 20.3 Å². The number of nitrogens with zero attached hydrogens (tertiary/aromatic N) is 1. The summed E-state index contributed by atoms with van der Waals surface area (Å²) in [5.74, 6) is 0.179. The number of rotatable bonds is 7. The Labute approximate surface area is 130 Å². The van der Waals surface area contributed by atoms with E-state index in [9.17, 15) is 9.90 Å². The highest BCUT2D eigenvalue weighted by Gasteiger charge is 2.21. The molecule has 1 amide bonds. The molecule has 0 saturated carbocycles. The molecule has 0 unspecified atom stereocenters. The van der Waals surface area contributed by atoms with E-state index in [1.165, 1.54) is 7.11 Å². The van der Waals surface area contributed by atoms with Crippen LogP contribution in [0.2, 0.25) is 0 Å². The number of amides is 1. The average molecular weight is 310 g/mol. The van der Waals surface area contributed by atoms with Gasteiger partial charge in [-0.25, -0.2) is 0 Å². The highest BCUT2D eigenvalue weighted by molar-refractivity contribution is 7.80. The lowest BCUT2D eigenvalue weighted by Crippen LogP contribution is -2.36. The molecular formula is C15H22N2O3S. The van der Waals surface area contributed by atoms with Crippen molar-refractivity contribution in [3.05, 3.63) is 23.8 Å². The Morgan fingerprint density at radius 2 is 2.14 bits per heavy atom. The van der Waals surface area contributed by atoms with Crippen LogP contribution in [0.5, 0.6) is 11.5 Å². The zero-order chi connectivity index (χ0) is 16.0. The van der Waals surface area contributed by atoms with Gasteiger partial charge < -0.3 is 20.5 Å². The van der Waals surface area contributed by atoms with Crippen LogP contribution in [-0.2, 0) is 0 Å². The number of phenolic OH excluding ortho intramolecular Hbond substituents is 1. The highest BCUT2D eigenvalue weighted by atomic mass is 32.1. The fourth-order valence-corrected chi connectivity index (χ4v) is 2.08. The van der Waals surface area contributed by atoms with Gasteiger partial charge in [0.15, 0.2) is 11.5 Å². The van der Waals surface area contributed by atoms with Crippen molar-refractivity contribution in [3.63, 3.8) is 0 Å². The number of nitrogens with two attached hydrogens (primary N) is 1. The summed E-state index contributed by atoms with van der Waals surface area (Å²) in [5.41, 5.74) is 5.73. The average Bonchev–Trinajstić information content (AvgIpc) is 2.42. The first-order valence-corrected chi connectivity index (χ1v) is 7.21. The minimum Gasteiger partial charge on any atom is -0.504 e. The lowest BCUT2D eigenvalue weighted by atomic mass is 10.1. The molecule has 0 saturated heterocycles. The molecular weight excluding hydrogens is 288 g/mol. The third kappa shape index (κ3) is 4.90. The number of carbonyl (C=O) groups excluding carboxylic acids is 1. The van der Waals surface area contributed by atoms with Gasteiger partial charge in [-0.05, 0) is 18.1 Å². The van der Waals surface area contributed by atoms with E-state index in [1.54, 1.807) is 23.1 Å². The standard InChI is InChI=1S/C15H22N2O3S/c1-10(2)9-17(8-7-13(16)21)15(19)11-5-4-6-12(20-3)14(11)18/h4-6,10,18H,7-9H2,1-3H3,(H2,16,21). The second-order valence-electron chi connectivity index (χ2n) is 5.22. The molecule has 0 heterocycles. The van der Waals surface area contributed by atoms with E-state index in [0.29, 0.717) is 30.4 Å². The molecule has 3 N–H and O–H groups in total. The van der Waals surface area contributed by atoms with E-state index >= 15 is 0 Å². The maximum Gasteiger partial charge on any atom is 0.257 e. The number of methoxy groups -OCH3 is 1. The summed E-state index contributed by atoms with van der Waals surface area (Å²) >= 11 is 4.87. The number of phenols is 1. The van der Waals surface area contributed by atoms with Crippen LogP contribution in [0.1, 0.15) is 30.6 Å². The molecule has 6 heteroatoms. The second kappa shape index (κ2) is 7.83. The summed E-state index contributed by atoms with van der Waals surface area (Å²) in [5, 5.41) is 10.1. The van der Waals surface area contributed by atoms with Gasteiger partial charge in [0.05, 0.1) is 17.7 Å². The molecule has 0 radical (unpaired) electrons. The lowest BCUT2D eigenvalue weighted by Gasteiger charge is -2.25. The van der Waals surface area contributed by atoms with Crippen molar-refractivity contribution in [3.8, 4) is 11.5 Å². The number of para-hydroxylation sites is 1. The molecule has 21 heavy (non-hydrogen) atoms. The highest BCUT2D eigenvalue weighted by Crippen LogP contribution is 2.30. The lowest BCUT2D eigenvalue weighted by molar-refractivity contribution is 0.0737. The SMILES string of the molecule is COc1cccc(C(=O)N(CCC(N)=S)CC(C)C)c1O. The van der Waals surface area contributed by atoms with Crippen LogP contribution in [0.4, 0.5) is 0 Å². The topological polar surface area (TPSA) is 75.8 Å². The monoisotopic (exact) mass is 310 g/mol. The Bertz CT molecular complexity index is 518. The molecule has 1 rings (SSSR count). The van der Waals surface area contributed by atoms with E-state index in [4.69, 9.17) is 22.7 Å². The molecule has 0 aliphatic heterocycles. The van der Waals surface area contributed by atoms with Crippen molar-refractivity contribution in [2.24, 2.45) is 11.7 Å². The van der Waals surface area contributed by atoms with Crippen LogP contribution in [0.15, 0.2) is 18.2 Å². The van der Waals surface area contributed by atoms with E-state index in [1.807, 2.05) is 13.8 Å². The molecule has 0 aliphatic rings. The first-order valence-electron chi connectivity index (χ1n) is 6.80. The van der Waals surface area contributed by atoms with Crippen molar-refractivity contribution in [1.82, 2.24) is 4.90 Å². The third-order valence-electron chi connectivity index (χ3n) is 2.95. The van der Waals surface area contributed by atoms with Crippen molar-refractivity contribution in [1.29, 1.82) is 0 Å². The largest absolute Gasteiger partial charge is 0.504 e. The second-order valence-corrected chi connectivity index (χ2v) is 5.74. The summed E-state index contributed by atoms with van der Waals surface area (Å²) in [7, 11) is 1.45. The number of aromatic hydroxyl groups is 1. The van der Waals surface area contributed by atoms with Crippen molar-refractivity contribution >= 4 is 23.1 Å². The molecule has 1 aromatic rings. The predicted octanol–water partition coefficient (Wildman–Crippen LogP) is 2.18. The summed E-state index contributed by atoms with van der Waals surface area (Å²) in [6.45, 7) is 5.04. The molecule has 0 bridgehead atoms. The minimum atomic E-state index is -0.253. The van der Waals surface area contributed by atoms with E-state index < -0.39 is 0 Å². The molecule has 0 fully saturated rings. The molecule has 0 atom stereocenters. The van der Waals surface area contributed by atoms with Gasteiger partial charge in [-0.15, -0.1) is 0 Å². The van der Waals surface area contributed by atoms with Crippen LogP contribution in [0.3, 0.4) is 0 Å². The number of hydrogen-bond donors (Lipinski definition) is 2. The summed E-state index contributed by atoms with van der Waals surface area (Å²) in [4.78, 5) is 14.6. The van der Waals surface area contributed by atoms with Gasteiger partial charge in [0, 0.05) is 19.5 Å².